The second-order valence-corrected chi connectivity index (χ2v) is 8.61. The minimum absolute atomic E-state index is 0.179. The Kier molecular flexibility index (Phi) is 5.67. The number of aromatic nitrogens is 1. The van der Waals surface area contributed by atoms with Gasteiger partial charge in [-0.3, -0.25) is 4.90 Å². The summed E-state index contributed by atoms with van der Waals surface area (Å²) in [5.74, 6) is 1.73. The number of hydrogen-bond donors (Lipinski definition) is 1. The number of ether oxygens (including phenoxy) is 1. The highest BCUT2D eigenvalue weighted by molar-refractivity contribution is 7.13. The highest BCUT2D eigenvalue weighted by Crippen LogP contribution is 2.26. The standard InChI is InChI=1S/C19H27N3O3S/c1-13-5-6-16(24-13)17-20-15(12-26-17)11-22-9-7-14(8-10-22)21-18(23)25-19(2,3)4/h5-6,12,14H,7-11H2,1-4H3,(H,21,23). The first-order valence-electron chi connectivity index (χ1n) is 9.01. The van der Waals surface area contributed by atoms with E-state index in [1.807, 2.05) is 39.8 Å². The Bertz CT molecular complexity index is 739. The van der Waals surface area contributed by atoms with Gasteiger partial charge in [-0.25, -0.2) is 9.78 Å². The van der Waals surface area contributed by atoms with Crippen molar-refractivity contribution in [3.05, 3.63) is 29.0 Å². The zero-order valence-electron chi connectivity index (χ0n) is 15.9. The summed E-state index contributed by atoms with van der Waals surface area (Å²) in [6.45, 7) is 10.3. The fraction of sp³-hybridized carbons (Fsp3) is 0.579. The molecule has 0 aromatic carbocycles. The molecule has 142 valence electrons. The second-order valence-electron chi connectivity index (χ2n) is 7.75. The fourth-order valence-electron chi connectivity index (χ4n) is 2.98. The van der Waals surface area contributed by atoms with Gasteiger partial charge < -0.3 is 14.5 Å². The minimum atomic E-state index is -0.459. The Balaban J connectivity index is 1.46. The van der Waals surface area contributed by atoms with Crippen LogP contribution in [0.1, 0.15) is 45.1 Å². The summed E-state index contributed by atoms with van der Waals surface area (Å²) < 4.78 is 11.0. The van der Waals surface area contributed by atoms with Gasteiger partial charge in [0.15, 0.2) is 10.8 Å². The molecule has 7 heteroatoms. The van der Waals surface area contributed by atoms with Crippen LogP contribution in [0.4, 0.5) is 4.79 Å². The van der Waals surface area contributed by atoms with E-state index in [1.54, 1.807) is 11.3 Å². The van der Waals surface area contributed by atoms with Gasteiger partial charge in [-0.2, -0.15) is 0 Å². The molecule has 3 heterocycles. The number of amides is 1. The molecule has 2 aromatic rings. The molecule has 0 unspecified atom stereocenters. The van der Waals surface area contributed by atoms with Gasteiger partial charge >= 0.3 is 6.09 Å². The molecular formula is C19H27N3O3S. The van der Waals surface area contributed by atoms with Crippen LogP contribution in [0, 0.1) is 6.92 Å². The molecule has 2 aromatic heterocycles. The zero-order chi connectivity index (χ0) is 18.7. The number of carbonyl (C=O) groups excluding carboxylic acids is 1. The quantitative estimate of drug-likeness (QED) is 0.865. The third-order valence-corrected chi connectivity index (χ3v) is 5.10. The molecule has 1 saturated heterocycles. The van der Waals surface area contributed by atoms with Gasteiger partial charge in [0, 0.05) is 31.1 Å². The van der Waals surface area contributed by atoms with Crippen molar-refractivity contribution in [2.24, 2.45) is 0 Å². The van der Waals surface area contributed by atoms with Gasteiger partial charge in [0.05, 0.1) is 5.69 Å². The molecule has 1 aliphatic heterocycles. The molecule has 0 aliphatic carbocycles. The molecule has 6 nitrogen and oxygen atoms in total. The Hall–Kier alpha value is -1.86. The van der Waals surface area contributed by atoms with Crippen molar-refractivity contribution in [3.8, 4) is 10.8 Å². The van der Waals surface area contributed by atoms with Gasteiger partial charge in [-0.05, 0) is 52.7 Å². The van der Waals surface area contributed by atoms with Crippen molar-refractivity contribution >= 4 is 17.4 Å². The molecule has 1 aliphatic rings. The van der Waals surface area contributed by atoms with Crippen molar-refractivity contribution in [2.75, 3.05) is 13.1 Å². The number of thiazole rings is 1. The van der Waals surface area contributed by atoms with Crippen LogP contribution in [-0.2, 0) is 11.3 Å². The first kappa shape index (κ1) is 18.9. The van der Waals surface area contributed by atoms with Crippen molar-refractivity contribution in [2.45, 2.75) is 58.7 Å². The number of nitrogens with one attached hydrogen (secondary N) is 1. The van der Waals surface area contributed by atoms with Crippen molar-refractivity contribution < 1.29 is 13.9 Å². The number of hydrogen-bond acceptors (Lipinski definition) is 6. The van der Waals surface area contributed by atoms with Crippen molar-refractivity contribution in [1.82, 2.24) is 15.2 Å². The monoisotopic (exact) mass is 377 g/mol. The van der Waals surface area contributed by atoms with E-state index >= 15 is 0 Å². The minimum Gasteiger partial charge on any atom is -0.459 e. The van der Waals surface area contributed by atoms with Gasteiger partial charge in [0.2, 0.25) is 0 Å². The predicted molar refractivity (Wildman–Crippen MR) is 102 cm³/mol. The van der Waals surface area contributed by atoms with E-state index in [4.69, 9.17) is 9.15 Å². The molecule has 1 fully saturated rings. The third kappa shape index (κ3) is 5.32. The Morgan fingerprint density at radius 2 is 2.12 bits per heavy atom. The fourth-order valence-corrected chi connectivity index (χ4v) is 3.75. The smallest absolute Gasteiger partial charge is 0.407 e. The summed E-state index contributed by atoms with van der Waals surface area (Å²) in [5.41, 5.74) is 0.609. The maximum Gasteiger partial charge on any atom is 0.407 e. The van der Waals surface area contributed by atoms with E-state index in [0.717, 1.165) is 54.7 Å². The summed E-state index contributed by atoms with van der Waals surface area (Å²) in [6.07, 6.45) is 1.52. The van der Waals surface area contributed by atoms with E-state index in [-0.39, 0.29) is 12.1 Å². The lowest BCUT2D eigenvalue weighted by molar-refractivity contribution is 0.0477. The number of piperidine rings is 1. The maximum atomic E-state index is 11.9. The number of nitrogens with zero attached hydrogens (tertiary/aromatic N) is 2. The van der Waals surface area contributed by atoms with Crippen LogP contribution in [0.15, 0.2) is 21.9 Å². The SMILES string of the molecule is Cc1ccc(-c2nc(CN3CCC(NC(=O)OC(C)(C)C)CC3)cs2)o1. The molecule has 0 spiro atoms. The van der Waals surface area contributed by atoms with Gasteiger partial charge in [-0.15, -0.1) is 11.3 Å². The van der Waals surface area contributed by atoms with Crippen LogP contribution in [0.5, 0.6) is 0 Å². The lowest BCUT2D eigenvalue weighted by atomic mass is 10.1. The van der Waals surface area contributed by atoms with Crippen molar-refractivity contribution in [1.29, 1.82) is 0 Å². The van der Waals surface area contributed by atoms with Gasteiger partial charge in [0.1, 0.15) is 11.4 Å². The largest absolute Gasteiger partial charge is 0.459 e. The molecule has 3 rings (SSSR count). The number of rotatable bonds is 4. The number of aryl methyl sites for hydroxylation is 1. The topological polar surface area (TPSA) is 67.6 Å². The predicted octanol–water partition coefficient (Wildman–Crippen LogP) is 4.20. The summed E-state index contributed by atoms with van der Waals surface area (Å²) in [5, 5.41) is 5.99. The zero-order valence-corrected chi connectivity index (χ0v) is 16.7. The van der Waals surface area contributed by atoms with Gasteiger partial charge in [-0.1, -0.05) is 0 Å². The summed E-state index contributed by atoms with van der Waals surface area (Å²) in [7, 11) is 0. The van der Waals surface area contributed by atoms with E-state index in [0.29, 0.717) is 0 Å². The number of likely N-dealkylation sites (tertiary alicyclic amines) is 1. The second kappa shape index (κ2) is 7.80. The first-order chi connectivity index (χ1) is 12.3. The summed E-state index contributed by atoms with van der Waals surface area (Å²) in [6, 6.07) is 4.10. The molecule has 0 bridgehead atoms. The lowest BCUT2D eigenvalue weighted by Gasteiger charge is -2.32. The van der Waals surface area contributed by atoms with E-state index < -0.39 is 5.60 Å². The maximum absolute atomic E-state index is 11.9. The first-order valence-corrected chi connectivity index (χ1v) is 9.89. The Morgan fingerprint density at radius 1 is 1.38 bits per heavy atom. The normalized spacial score (nSPS) is 16.6. The average molecular weight is 378 g/mol. The molecule has 1 N–H and O–H groups in total. The lowest BCUT2D eigenvalue weighted by Crippen LogP contribution is -2.45. The van der Waals surface area contributed by atoms with Crippen molar-refractivity contribution in [3.63, 3.8) is 0 Å². The number of furan rings is 1. The van der Waals surface area contributed by atoms with Crippen LogP contribution >= 0.6 is 11.3 Å². The Morgan fingerprint density at radius 3 is 2.73 bits per heavy atom. The molecular weight excluding hydrogens is 350 g/mol. The molecule has 0 saturated carbocycles. The van der Waals surface area contributed by atoms with Crippen LogP contribution in [-0.4, -0.2) is 40.7 Å². The molecule has 1 amide bonds. The summed E-state index contributed by atoms with van der Waals surface area (Å²) >= 11 is 1.61. The van der Waals surface area contributed by atoms with E-state index in [2.05, 4.69) is 20.6 Å². The highest BCUT2D eigenvalue weighted by Gasteiger charge is 2.24. The van der Waals surface area contributed by atoms with Crippen LogP contribution in [0.25, 0.3) is 10.8 Å². The van der Waals surface area contributed by atoms with Crippen LogP contribution in [0.2, 0.25) is 0 Å². The number of carbonyl (C=O) groups is 1. The highest BCUT2D eigenvalue weighted by atomic mass is 32.1. The van der Waals surface area contributed by atoms with E-state index in [9.17, 15) is 4.79 Å². The molecule has 0 atom stereocenters. The molecule has 26 heavy (non-hydrogen) atoms. The number of alkyl carbamates (subject to hydrolysis) is 1. The Labute approximate surface area is 158 Å². The van der Waals surface area contributed by atoms with Crippen LogP contribution < -0.4 is 5.32 Å². The van der Waals surface area contributed by atoms with Crippen LogP contribution in [0.3, 0.4) is 0 Å². The van der Waals surface area contributed by atoms with Gasteiger partial charge in [0.25, 0.3) is 0 Å². The van der Waals surface area contributed by atoms with E-state index in [1.165, 1.54) is 0 Å². The molecule has 0 radical (unpaired) electrons. The average Bonchev–Trinajstić information content (AvgIpc) is 3.16. The third-order valence-electron chi connectivity index (χ3n) is 4.20. The summed E-state index contributed by atoms with van der Waals surface area (Å²) in [4.78, 5) is 18.9.